The van der Waals surface area contributed by atoms with Gasteiger partial charge in [0.25, 0.3) is 0 Å². The molecule has 1 saturated heterocycles. The molecular weight excluding hydrogens is 332 g/mol. The first-order valence-electron chi connectivity index (χ1n) is 9.36. The SMILES string of the molecule is C=CCC[C@H]1CC[C@H]([C@@H]2CO[C@@H](C#Cc3ccc(Cl)cc3)CO2)CC1. The van der Waals surface area contributed by atoms with Gasteiger partial charge in [0.1, 0.15) is 6.10 Å². The highest BCUT2D eigenvalue weighted by molar-refractivity contribution is 6.30. The first-order chi connectivity index (χ1) is 12.2. The van der Waals surface area contributed by atoms with Crippen LogP contribution in [0, 0.1) is 23.7 Å². The Hall–Kier alpha value is -1.27. The Bertz CT molecular complexity index is 597. The number of allylic oxidation sites excluding steroid dienone is 1. The third-order valence-electron chi connectivity index (χ3n) is 5.34. The second kappa shape index (κ2) is 9.43. The second-order valence-electron chi connectivity index (χ2n) is 7.12. The Morgan fingerprint density at radius 2 is 1.84 bits per heavy atom. The molecule has 0 unspecified atom stereocenters. The first-order valence-corrected chi connectivity index (χ1v) is 9.73. The van der Waals surface area contributed by atoms with E-state index in [9.17, 15) is 0 Å². The molecule has 1 aliphatic carbocycles. The van der Waals surface area contributed by atoms with Crippen molar-refractivity contribution in [3.63, 3.8) is 0 Å². The summed E-state index contributed by atoms with van der Waals surface area (Å²) in [7, 11) is 0. The van der Waals surface area contributed by atoms with Crippen molar-refractivity contribution in [2.45, 2.75) is 50.7 Å². The zero-order chi connectivity index (χ0) is 17.5. The topological polar surface area (TPSA) is 18.5 Å². The van der Waals surface area contributed by atoms with Crippen LogP contribution >= 0.6 is 11.6 Å². The predicted molar refractivity (Wildman–Crippen MR) is 103 cm³/mol. The van der Waals surface area contributed by atoms with Gasteiger partial charge in [0.2, 0.25) is 0 Å². The van der Waals surface area contributed by atoms with Crippen LogP contribution in [0.1, 0.15) is 44.1 Å². The number of ether oxygens (including phenoxy) is 2. The van der Waals surface area contributed by atoms with Crippen molar-refractivity contribution in [3.05, 3.63) is 47.5 Å². The van der Waals surface area contributed by atoms with Crippen LogP contribution in [0.5, 0.6) is 0 Å². The molecule has 1 aliphatic heterocycles. The third-order valence-corrected chi connectivity index (χ3v) is 5.59. The zero-order valence-electron chi connectivity index (χ0n) is 14.8. The summed E-state index contributed by atoms with van der Waals surface area (Å²) < 4.78 is 12.0. The molecule has 0 bridgehead atoms. The average Bonchev–Trinajstić information content (AvgIpc) is 2.67. The summed E-state index contributed by atoms with van der Waals surface area (Å²) in [4.78, 5) is 0. The fraction of sp³-hybridized carbons (Fsp3) is 0.545. The highest BCUT2D eigenvalue weighted by Gasteiger charge is 2.31. The summed E-state index contributed by atoms with van der Waals surface area (Å²) in [6, 6.07) is 7.55. The van der Waals surface area contributed by atoms with Gasteiger partial charge in [-0.25, -0.2) is 0 Å². The van der Waals surface area contributed by atoms with Crippen LogP contribution in [-0.4, -0.2) is 25.4 Å². The fourth-order valence-electron chi connectivity index (χ4n) is 3.77. The average molecular weight is 359 g/mol. The largest absolute Gasteiger partial charge is 0.372 e. The van der Waals surface area contributed by atoms with Crippen LogP contribution in [-0.2, 0) is 9.47 Å². The highest BCUT2D eigenvalue weighted by Crippen LogP contribution is 2.35. The Morgan fingerprint density at radius 3 is 2.48 bits per heavy atom. The molecule has 0 aromatic heterocycles. The number of hydrogen-bond donors (Lipinski definition) is 0. The number of hydrogen-bond acceptors (Lipinski definition) is 2. The lowest BCUT2D eigenvalue weighted by molar-refractivity contribution is -0.138. The first kappa shape index (κ1) is 18.5. The van der Waals surface area contributed by atoms with Gasteiger partial charge in [-0.15, -0.1) is 6.58 Å². The van der Waals surface area contributed by atoms with E-state index < -0.39 is 0 Å². The van der Waals surface area contributed by atoms with Gasteiger partial charge in [0.15, 0.2) is 0 Å². The highest BCUT2D eigenvalue weighted by atomic mass is 35.5. The van der Waals surface area contributed by atoms with Crippen LogP contribution in [0.4, 0.5) is 0 Å². The summed E-state index contributed by atoms with van der Waals surface area (Å²) in [5.41, 5.74) is 0.952. The Kier molecular flexibility index (Phi) is 6.99. The molecule has 0 amide bonds. The Balaban J connectivity index is 1.42. The van der Waals surface area contributed by atoms with E-state index in [4.69, 9.17) is 21.1 Å². The third kappa shape index (κ3) is 5.61. The van der Waals surface area contributed by atoms with Crippen molar-refractivity contribution in [2.75, 3.05) is 13.2 Å². The quantitative estimate of drug-likeness (QED) is 0.540. The normalized spacial score (nSPS) is 29.5. The van der Waals surface area contributed by atoms with E-state index in [1.807, 2.05) is 30.3 Å². The van der Waals surface area contributed by atoms with Crippen molar-refractivity contribution in [3.8, 4) is 11.8 Å². The molecule has 2 nitrogen and oxygen atoms in total. The van der Waals surface area contributed by atoms with Gasteiger partial charge in [-0.2, -0.15) is 0 Å². The van der Waals surface area contributed by atoms with Gasteiger partial charge in [-0.3, -0.25) is 0 Å². The monoisotopic (exact) mass is 358 g/mol. The molecule has 0 N–H and O–H groups in total. The smallest absolute Gasteiger partial charge is 0.141 e. The molecule has 25 heavy (non-hydrogen) atoms. The van der Waals surface area contributed by atoms with Crippen LogP contribution in [0.25, 0.3) is 0 Å². The summed E-state index contributed by atoms with van der Waals surface area (Å²) in [6.45, 7) is 5.06. The molecule has 2 fully saturated rings. The van der Waals surface area contributed by atoms with Crippen molar-refractivity contribution >= 4 is 11.6 Å². The van der Waals surface area contributed by atoms with Crippen molar-refractivity contribution in [1.29, 1.82) is 0 Å². The van der Waals surface area contributed by atoms with Gasteiger partial charge >= 0.3 is 0 Å². The number of benzene rings is 1. The number of rotatable bonds is 4. The lowest BCUT2D eigenvalue weighted by Crippen LogP contribution is -2.40. The molecule has 3 heteroatoms. The van der Waals surface area contributed by atoms with E-state index in [1.54, 1.807) is 0 Å². The minimum atomic E-state index is -0.129. The zero-order valence-corrected chi connectivity index (χ0v) is 15.5. The maximum Gasteiger partial charge on any atom is 0.141 e. The minimum Gasteiger partial charge on any atom is -0.372 e. The molecule has 134 valence electrons. The van der Waals surface area contributed by atoms with Gasteiger partial charge in [-0.05, 0) is 61.8 Å². The van der Waals surface area contributed by atoms with E-state index in [1.165, 1.54) is 32.1 Å². The predicted octanol–water partition coefficient (Wildman–Crippen LogP) is 5.25. The van der Waals surface area contributed by atoms with Crippen LogP contribution in [0.3, 0.4) is 0 Å². The lowest BCUT2D eigenvalue weighted by atomic mass is 9.77. The fourth-order valence-corrected chi connectivity index (χ4v) is 3.90. The molecular formula is C22H27ClO2. The van der Waals surface area contributed by atoms with E-state index >= 15 is 0 Å². The van der Waals surface area contributed by atoms with Gasteiger partial charge in [0, 0.05) is 10.6 Å². The molecule has 0 radical (unpaired) electrons. The Labute approximate surface area is 156 Å². The molecule has 1 heterocycles. The lowest BCUT2D eigenvalue weighted by Gasteiger charge is -2.36. The maximum absolute atomic E-state index is 6.09. The minimum absolute atomic E-state index is 0.129. The molecule has 0 spiro atoms. The van der Waals surface area contributed by atoms with E-state index in [2.05, 4.69) is 18.4 Å². The molecule has 1 aromatic rings. The van der Waals surface area contributed by atoms with E-state index in [-0.39, 0.29) is 12.2 Å². The Morgan fingerprint density at radius 1 is 1.08 bits per heavy atom. The molecule has 2 atom stereocenters. The van der Waals surface area contributed by atoms with Crippen LogP contribution in [0.2, 0.25) is 5.02 Å². The maximum atomic E-state index is 6.09. The number of halogens is 1. The summed E-state index contributed by atoms with van der Waals surface area (Å²) in [5, 5.41) is 0.727. The molecule has 1 aromatic carbocycles. The van der Waals surface area contributed by atoms with E-state index in [0.29, 0.717) is 19.1 Å². The van der Waals surface area contributed by atoms with Gasteiger partial charge < -0.3 is 9.47 Å². The summed E-state index contributed by atoms with van der Waals surface area (Å²) in [5.74, 6) is 7.82. The standard InChI is InChI=1S/C22H27ClO2/c1-2-3-4-17-5-10-19(11-6-17)22-16-24-21(15-25-22)14-9-18-7-12-20(23)13-8-18/h2,7-8,12-13,17,19,21-22H,1,3-6,10-11,15-16H2/t17-,19-,21-,22-/m0/s1. The van der Waals surface area contributed by atoms with Crippen molar-refractivity contribution in [2.24, 2.45) is 11.8 Å². The van der Waals surface area contributed by atoms with Gasteiger partial charge in [-0.1, -0.05) is 42.4 Å². The van der Waals surface area contributed by atoms with E-state index in [0.717, 1.165) is 22.9 Å². The summed E-state index contributed by atoms with van der Waals surface area (Å²) in [6.07, 6.45) is 9.75. The van der Waals surface area contributed by atoms with Crippen molar-refractivity contribution < 1.29 is 9.47 Å². The van der Waals surface area contributed by atoms with Crippen LogP contribution in [0.15, 0.2) is 36.9 Å². The van der Waals surface area contributed by atoms with Crippen LogP contribution < -0.4 is 0 Å². The van der Waals surface area contributed by atoms with Gasteiger partial charge in [0.05, 0.1) is 19.3 Å². The molecule has 1 saturated carbocycles. The molecule has 2 aliphatic rings. The summed E-state index contributed by atoms with van der Waals surface area (Å²) >= 11 is 5.89. The van der Waals surface area contributed by atoms with Crippen molar-refractivity contribution in [1.82, 2.24) is 0 Å². The molecule has 3 rings (SSSR count). The second-order valence-corrected chi connectivity index (χ2v) is 7.55.